The van der Waals surface area contributed by atoms with E-state index < -0.39 is 0 Å². The van der Waals surface area contributed by atoms with Crippen LogP contribution in [0.25, 0.3) is 0 Å². The van der Waals surface area contributed by atoms with Crippen molar-refractivity contribution < 1.29 is 5.11 Å². The van der Waals surface area contributed by atoms with Gasteiger partial charge in [-0.05, 0) is 36.0 Å². The van der Waals surface area contributed by atoms with E-state index in [9.17, 15) is 5.11 Å². The number of hydrogen-bond donors (Lipinski definition) is 0. The Kier molecular flexibility index (Phi) is 3.35. The highest BCUT2D eigenvalue weighted by molar-refractivity contribution is 5.43. The van der Waals surface area contributed by atoms with Crippen molar-refractivity contribution in [1.29, 1.82) is 0 Å². The van der Waals surface area contributed by atoms with Crippen LogP contribution in [-0.4, -0.2) is 0 Å². The minimum absolute atomic E-state index is 0.252. The highest BCUT2D eigenvalue weighted by Crippen LogP contribution is 2.26. The van der Waals surface area contributed by atoms with Crippen molar-refractivity contribution in [3.8, 4) is 5.75 Å². The van der Waals surface area contributed by atoms with Crippen molar-refractivity contribution in [1.82, 2.24) is 0 Å². The molecule has 1 nitrogen and oxygen atoms in total. The van der Waals surface area contributed by atoms with Crippen LogP contribution in [0.15, 0.2) is 12.1 Å². The summed E-state index contributed by atoms with van der Waals surface area (Å²) < 4.78 is 0. The van der Waals surface area contributed by atoms with E-state index in [4.69, 9.17) is 0 Å². The predicted molar refractivity (Wildman–Crippen MR) is 54.7 cm³/mol. The van der Waals surface area contributed by atoms with Gasteiger partial charge in [0, 0.05) is 0 Å². The van der Waals surface area contributed by atoms with Crippen LogP contribution in [0.3, 0.4) is 0 Å². The lowest BCUT2D eigenvalue weighted by atomic mass is 9.99. The number of aryl methyl sites for hydroxylation is 3. The van der Waals surface area contributed by atoms with Gasteiger partial charge in [0.25, 0.3) is 0 Å². The third kappa shape index (κ3) is 2.03. The first-order valence-corrected chi connectivity index (χ1v) is 5.04. The van der Waals surface area contributed by atoms with Crippen molar-refractivity contribution in [2.75, 3.05) is 0 Å². The van der Waals surface area contributed by atoms with Crippen LogP contribution >= 0.6 is 0 Å². The lowest BCUT2D eigenvalue weighted by molar-refractivity contribution is 0.345. The summed E-state index contributed by atoms with van der Waals surface area (Å²) in [5, 5.41) is 11.7. The Morgan fingerprint density at radius 1 is 0.923 bits per heavy atom. The molecule has 0 aliphatic carbocycles. The first-order chi connectivity index (χ1) is 6.22. The minimum atomic E-state index is 0.252. The van der Waals surface area contributed by atoms with Gasteiger partial charge in [-0.2, -0.15) is 0 Å². The molecular formula is C12H17O. The highest BCUT2D eigenvalue weighted by atomic mass is 16.3. The van der Waals surface area contributed by atoms with E-state index in [-0.39, 0.29) is 5.75 Å². The molecule has 1 radical (unpaired) electrons. The van der Waals surface area contributed by atoms with E-state index in [1.165, 1.54) is 5.56 Å². The summed E-state index contributed by atoms with van der Waals surface area (Å²) in [6.45, 7) is 6.20. The fourth-order valence-electron chi connectivity index (χ4n) is 1.56. The largest absolute Gasteiger partial charge is 0.289 e. The van der Waals surface area contributed by atoms with E-state index >= 15 is 0 Å². The molecule has 0 aromatic heterocycles. The van der Waals surface area contributed by atoms with Crippen LogP contribution in [0.1, 0.15) is 37.5 Å². The fourth-order valence-corrected chi connectivity index (χ4v) is 1.56. The normalized spacial score (nSPS) is 10.4. The molecule has 1 aromatic carbocycles. The zero-order chi connectivity index (χ0) is 9.84. The number of hydrogen-bond acceptors (Lipinski definition) is 0. The minimum Gasteiger partial charge on any atom is -0.289 e. The van der Waals surface area contributed by atoms with Gasteiger partial charge < -0.3 is 0 Å². The number of rotatable bonds is 3. The molecule has 1 rings (SSSR count). The molecule has 0 bridgehead atoms. The standard InChI is InChI=1S/C12H17O/c1-4-9-7-10(5-2)12(13)11(6-3)8-9/h7-8H,4-6H2,1-3H3. The summed E-state index contributed by atoms with van der Waals surface area (Å²) >= 11 is 0. The molecule has 0 spiro atoms. The van der Waals surface area contributed by atoms with E-state index in [2.05, 4.69) is 6.92 Å². The molecule has 0 saturated heterocycles. The highest BCUT2D eigenvalue weighted by Gasteiger charge is 2.08. The van der Waals surface area contributed by atoms with E-state index in [1.807, 2.05) is 26.0 Å². The van der Waals surface area contributed by atoms with E-state index in [1.54, 1.807) is 0 Å². The predicted octanol–water partition coefficient (Wildman–Crippen LogP) is 3.52. The van der Waals surface area contributed by atoms with Crippen LogP contribution < -0.4 is 0 Å². The van der Waals surface area contributed by atoms with Crippen LogP contribution in [-0.2, 0) is 24.4 Å². The molecule has 0 heterocycles. The molecule has 0 unspecified atom stereocenters. The van der Waals surface area contributed by atoms with Crippen molar-refractivity contribution in [3.05, 3.63) is 28.8 Å². The maximum atomic E-state index is 11.7. The van der Waals surface area contributed by atoms with Crippen molar-refractivity contribution >= 4 is 0 Å². The zero-order valence-corrected chi connectivity index (χ0v) is 8.68. The van der Waals surface area contributed by atoms with Crippen LogP contribution in [0.5, 0.6) is 5.75 Å². The maximum absolute atomic E-state index is 11.7. The third-order valence-electron chi connectivity index (χ3n) is 2.47. The molecule has 0 aliphatic heterocycles. The van der Waals surface area contributed by atoms with Gasteiger partial charge in [-0.3, -0.25) is 5.11 Å². The molecule has 71 valence electrons. The molecule has 0 amide bonds. The Morgan fingerprint density at radius 2 is 1.38 bits per heavy atom. The van der Waals surface area contributed by atoms with Crippen LogP contribution in [0.2, 0.25) is 0 Å². The van der Waals surface area contributed by atoms with Crippen LogP contribution in [0, 0.1) is 0 Å². The molecule has 13 heavy (non-hydrogen) atoms. The first-order valence-electron chi connectivity index (χ1n) is 5.04. The Balaban J connectivity index is 3.20. The molecular weight excluding hydrogens is 160 g/mol. The average molecular weight is 177 g/mol. The van der Waals surface area contributed by atoms with Crippen molar-refractivity contribution in [2.45, 2.75) is 40.0 Å². The second-order valence-corrected chi connectivity index (χ2v) is 3.30. The number of benzene rings is 1. The summed E-state index contributed by atoms with van der Waals surface area (Å²) in [4.78, 5) is 0. The second-order valence-electron chi connectivity index (χ2n) is 3.30. The summed E-state index contributed by atoms with van der Waals surface area (Å²) in [6, 6.07) is 4.09. The topological polar surface area (TPSA) is 19.9 Å². The van der Waals surface area contributed by atoms with Crippen molar-refractivity contribution in [2.24, 2.45) is 0 Å². The Morgan fingerprint density at radius 3 is 1.69 bits per heavy atom. The van der Waals surface area contributed by atoms with Crippen molar-refractivity contribution in [3.63, 3.8) is 0 Å². The average Bonchev–Trinajstić information content (AvgIpc) is 2.18. The van der Waals surface area contributed by atoms with Gasteiger partial charge in [-0.15, -0.1) is 0 Å². The molecule has 0 aliphatic rings. The monoisotopic (exact) mass is 177 g/mol. The summed E-state index contributed by atoms with van der Waals surface area (Å²) in [6.07, 6.45) is 2.71. The Hall–Kier alpha value is -0.980. The van der Waals surface area contributed by atoms with Crippen LogP contribution in [0.4, 0.5) is 0 Å². The SMILES string of the molecule is CCc1cc(CC)c([O])c(CC)c1. The Bertz CT molecular complexity index is 264. The van der Waals surface area contributed by atoms with Gasteiger partial charge in [-0.25, -0.2) is 0 Å². The zero-order valence-electron chi connectivity index (χ0n) is 8.68. The van der Waals surface area contributed by atoms with Gasteiger partial charge in [-0.1, -0.05) is 32.9 Å². The summed E-state index contributed by atoms with van der Waals surface area (Å²) in [5.74, 6) is 0.252. The van der Waals surface area contributed by atoms with Gasteiger partial charge in [0.1, 0.15) is 0 Å². The summed E-state index contributed by atoms with van der Waals surface area (Å²) in [7, 11) is 0. The Labute approximate surface area is 80.4 Å². The molecule has 0 atom stereocenters. The van der Waals surface area contributed by atoms with E-state index in [0.717, 1.165) is 30.4 Å². The smallest absolute Gasteiger partial charge is 0.184 e. The quantitative estimate of drug-likeness (QED) is 0.673. The third-order valence-corrected chi connectivity index (χ3v) is 2.47. The molecule has 0 saturated carbocycles. The lowest BCUT2D eigenvalue weighted by Gasteiger charge is -2.07. The fraction of sp³-hybridized carbons (Fsp3) is 0.500. The van der Waals surface area contributed by atoms with Gasteiger partial charge in [0.2, 0.25) is 0 Å². The molecule has 0 fully saturated rings. The lowest BCUT2D eigenvalue weighted by Crippen LogP contribution is -1.91. The summed E-state index contributed by atoms with van der Waals surface area (Å²) in [5.41, 5.74) is 3.22. The van der Waals surface area contributed by atoms with E-state index in [0.29, 0.717) is 0 Å². The molecule has 0 N–H and O–H groups in total. The van der Waals surface area contributed by atoms with Gasteiger partial charge in [0.15, 0.2) is 5.75 Å². The second kappa shape index (κ2) is 4.31. The van der Waals surface area contributed by atoms with Gasteiger partial charge >= 0.3 is 0 Å². The molecule has 1 heteroatoms. The first kappa shape index (κ1) is 10.1. The van der Waals surface area contributed by atoms with Gasteiger partial charge in [0.05, 0.1) is 0 Å². The maximum Gasteiger partial charge on any atom is 0.184 e. The molecule has 1 aromatic rings.